The fraction of sp³-hybridized carbons (Fsp3) is 0.444. The molecule has 1 aromatic carbocycles. The molecule has 23 heavy (non-hydrogen) atoms. The smallest absolute Gasteiger partial charge is 0.272 e. The van der Waals surface area contributed by atoms with Gasteiger partial charge < -0.3 is 10.4 Å². The number of aliphatic hydroxyl groups excluding tert-OH is 1. The first-order chi connectivity index (χ1) is 11.1. The van der Waals surface area contributed by atoms with Crippen molar-refractivity contribution in [3.63, 3.8) is 0 Å². The second kappa shape index (κ2) is 6.54. The molecule has 0 saturated heterocycles. The topological polar surface area (TPSA) is 67.2 Å². The number of nitrogens with one attached hydrogen (secondary N) is 1. The van der Waals surface area contributed by atoms with E-state index in [0.717, 1.165) is 42.6 Å². The maximum atomic E-state index is 12.4. The first-order valence-electron chi connectivity index (χ1n) is 8.20. The predicted octanol–water partition coefficient (Wildman–Crippen LogP) is 2.17. The minimum absolute atomic E-state index is 0.199. The summed E-state index contributed by atoms with van der Waals surface area (Å²) in [6, 6.07) is 8.18. The van der Waals surface area contributed by atoms with E-state index in [1.807, 2.05) is 16.8 Å². The van der Waals surface area contributed by atoms with Crippen molar-refractivity contribution in [1.82, 2.24) is 15.1 Å². The van der Waals surface area contributed by atoms with Crippen LogP contribution in [0.2, 0.25) is 0 Å². The molecule has 5 heteroatoms. The molecular weight excluding hydrogens is 290 g/mol. The summed E-state index contributed by atoms with van der Waals surface area (Å²) in [4.78, 5) is 12.4. The molecule has 122 valence electrons. The first-order valence-corrected chi connectivity index (χ1v) is 8.20. The van der Waals surface area contributed by atoms with Gasteiger partial charge >= 0.3 is 0 Å². The van der Waals surface area contributed by atoms with Gasteiger partial charge in [-0.15, -0.1) is 0 Å². The Labute approximate surface area is 136 Å². The number of hydrogen-bond donors (Lipinski definition) is 2. The maximum Gasteiger partial charge on any atom is 0.272 e. The second-order valence-electron chi connectivity index (χ2n) is 6.29. The van der Waals surface area contributed by atoms with E-state index in [2.05, 4.69) is 29.5 Å². The molecule has 0 spiro atoms. The van der Waals surface area contributed by atoms with Gasteiger partial charge in [0.1, 0.15) is 0 Å². The second-order valence-corrected chi connectivity index (χ2v) is 6.29. The number of carbonyl (C=O) groups is 1. The molecule has 5 nitrogen and oxygen atoms in total. The lowest BCUT2D eigenvalue weighted by Crippen LogP contribution is -2.31. The van der Waals surface area contributed by atoms with Gasteiger partial charge in [0.05, 0.1) is 11.8 Å². The van der Waals surface area contributed by atoms with E-state index < -0.39 is 6.10 Å². The highest BCUT2D eigenvalue weighted by atomic mass is 16.3. The molecule has 3 rings (SSSR count). The molecule has 0 aliphatic heterocycles. The number of amides is 1. The maximum absolute atomic E-state index is 12.4. The molecule has 1 aliphatic carbocycles. The van der Waals surface area contributed by atoms with Crippen molar-refractivity contribution in [2.24, 2.45) is 0 Å². The predicted molar refractivity (Wildman–Crippen MR) is 89.0 cm³/mol. The molecule has 1 amide bonds. The SMILES string of the molecule is Cc1ccc(-n2nc(C(=O)NCC(C)O)c3c2CCCC3)cc1. The number of aliphatic hydroxyl groups is 1. The minimum Gasteiger partial charge on any atom is -0.392 e. The van der Waals surface area contributed by atoms with Crippen LogP contribution in [0, 0.1) is 6.92 Å². The van der Waals surface area contributed by atoms with Gasteiger partial charge in [-0.25, -0.2) is 4.68 Å². The summed E-state index contributed by atoms with van der Waals surface area (Å²) >= 11 is 0. The van der Waals surface area contributed by atoms with E-state index in [4.69, 9.17) is 0 Å². The number of fused-ring (bicyclic) bond motifs is 1. The summed E-state index contributed by atoms with van der Waals surface area (Å²) in [5, 5.41) is 16.7. The van der Waals surface area contributed by atoms with E-state index in [1.54, 1.807) is 6.92 Å². The summed E-state index contributed by atoms with van der Waals surface area (Å²) in [6.07, 6.45) is 3.48. The van der Waals surface area contributed by atoms with Crippen molar-refractivity contribution in [3.05, 3.63) is 46.8 Å². The third-order valence-electron chi connectivity index (χ3n) is 4.23. The molecule has 1 unspecified atom stereocenters. The lowest BCUT2D eigenvalue weighted by molar-refractivity contribution is 0.0917. The quantitative estimate of drug-likeness (QED) is 0.909. The van der Waals surface area contributed by atoms with Crippen LogP contribution >= 0.6 is 0 Å². The Balaban J connectivity index is 1.98. The van der Waals surface area contributed by atoms with E-state index >= 15 is 0 Å². The molecule has 0 saturated carbocycles. The van der Waals surface area contributed by atoms with Crippen LogP contribution in [0.5, 0.6) is 0 Å². The monoisotopic (exact) mass is 313 g/mol. The van der Waals surface area contributed by atoms with Crippen LogP contribution in [0.15, 0.2) is 24.3 Å². The zero-order valence-corrected chi connectivity index (χ0v) is 13.7. The number of nitrogens with zero attached hydrogens (tertiary/aromatic N) is 2. The Morgan fingerprint density at radius 2 is 2.00 bits per heavy atom. The Hall–Kier alpha value is -2.14. The van der Waals surface area contributed by atoms with Gasteiger partial charge in [0.2, 0.25) is 0 Å². The van der Waals surface area contributed by atoms with Crippen molar-refractivity contribution in [1.29, 1.82) is 0 Å². The van der Waals surface area contributed by atoms with Crippen LogP contribution in [0.3, 0.4) is 0 Å². The largest absolute Gasteiger partial charge is 0.392 e. The molecule has 0 fully saturated rings. The average Bonchev–Trinajstić information content (AvgIpc) is 2.93. The summed E-state index contributed by atoms with van der Waals surface area (Å²) in [5.74, 6) is -0.199. The Morgan fingerprint density at radius 3 is 2.70 bits per heavy atom. The van der Waals surface area contributed by atoms with Gasteiger partial charge in [0, 0.05) is 17.8 Å². The van der Waals surface area contributed by atoms with Crippen molar-refractivity contribution < 1.29 is 9.90 Å². The number of benzene rings is 1. The summed E-state index contributed by atoms with van der Waals surface area (Å²) in [6.45, 7) is 3.95. The third-order valence-corrected chi connectivity index (χ3v) is 4.23. The van der Waals surface area contributed by atoms with Gasteiger partial charge in [0.25, 0.3) is 5.91 Å². The Bertz CT molecular complexity index is 702. The van der Waals surface area contributed by atoms with Crippen LogP contribution in [-0.2, 0) is 12.8 Å². The summed E-state index contributed by atoms with van der Waals surface area (Å²) in [7, 11) is 0. The molecule has 1 aliphatic rings. The average molecular weight is 313 g/mol. The standard InChI is InChI=1S/C18H23N3O2/c1-12-7-9-14(10-8-12)21-16-6-4-3-5-15(16)17(20-21)18(23)19-11-13(2)22/h7-10,13,22H,3-6,11H2,1-2H3,(H,19,23). The molecule has 2 N–H and O–H groups in total. The van der Waals surface area contributed by atoms with Crippen LogP contribution in [0.1, 0.15) is 47.1 Å². The van der Waals surface area contributed by atoms with Crippen LogP contribution in [0.25, 0.3) is 5.69 Å². The lowest BCUT2D eigenvalue weighted by Gasteiger charge is -2.14. The van der Waals surface area contributed by atoms with E-state index in [1.165, 1.54) is 5.56 Å². The van der Waals surface area contributed by atoms with E-state index in [9.17, 15) is 9.90 Å². The lowest BCUT2D eigenvalue weighted by atomic mass is 9.95. The van der Waals surface area contributed by atoms with Gasteiger partial charge in [-0.3, -0.25) is 4.79 Å². The zero-order chi connectivity index (χ0) is 16.4. The molecule has 1 heterocycles. The van der Waals surface area contributed by atoms with Gasteiger partial charge in [0.15, 0.2) is 5.69 Å². The zero-order valence-electron chi connectivity index (χ0n) is 13.7. The molecule has 1 aromatic heterocycles. The van der Waals surface area contributed by atoms with Crippen LogP contribution in [0.4, 0.5) is 0 Å². The molecule has 0 bridgehead atoms. The highest BCUT2D eigenvalue weighted by molar-refractivity contribution is 5.94. The van der Waals surface area contributed by atoms with Crippen molar-refractivity contribution in [2.45, 2.75) is 45.6 Å². The Morgan fingerprint density at radius 1 is 1.30 bits per heavy atom. The number of carbonyl (C=O) groups excluding carboxylic acids is 1. The molecule has 1 atom stereocenters. The highest BCUT2D eigenvalue weighted by Crippen LogP contribution is 2.27. The first kappa shape index (κ1) is 15.7. The normalized spacial score (nSPS) is 15.1. The number of aryl methyl sites for hydroxylation is 1. The minimum atomic E-state index is -0.561. The van der Waals surface area contributed by atoms with E-state index in [-0.39, 0.29) is 12.5 Å². The molecular formula is C18H23N3O2. The fourth-order valence-electron chi connectivity index (χ4n) is 3.01. The van der Waals surface area contributed by atoms with Gasteiger partial charge in [-0.05, 0) is 51.7 Å². The molecule has 0 radical (unpaired) electrons. The summed E-state index contributed by atoms with van der Waals surface area (Å²) < 4.78 is 1.91. The molecule has 2 aromatic rings. The summed E-state index contributed by atoms with van der Waals surface area (Å²) in [5.41, 5.74) is 4.89. The van der Waals surface area contributed by atoms with Gasteiger partial charge in [-0.1, -0.05) is 17.7 Å². The van der Waals surface area contributed by atoms with E-state index in [0.29, 0.717) is 5.69 Å². The van der Waals surface area contributed by atoms with Crippen molar-refractivity contribution in [2.75, 3.05) is 6.54 Å². The van der Waals surface area contributed by atoms with Crippen molar-refractivity contribution >= 4 is 5.91 Å². The van der Waals surface area contributed by atoms with Crippen molar-refractivity contribution in [3.8, 4) is 5.69 Å². The number of aromatic nitrogens is 2. The third kappa shape index (κ3) is 3.29. The Kier molecular flexibility index (Phi) is 4.48. The number of hydrogen-bond acceptors (Lipinski definition) is 3. The fourth-order valence-corrected chi connectivity index (χ4v) is 3.01. The highest BCUT2D eigenvalue weighted by Gasteiger charge is 2.25. The van der Waals surface area contributed by atoms with Crippen LogP contribution < -0.4 is 5.32 Å². The van der Waals surface area contributed by atoms with Crippen LogP contribution in [-0.4, -0.2) is 33.4 Å². The van der Waals surface area contributed by atoms with Gasteiger partial charge in [-0.2, -0.15) is 5.10 Å². The number of rotatable bonds is 4.